The van der Waals surface area contributed by atoms with Gasteiger partial charge in [0.05, 0.1) is 0 Å². The molecule has 1 N–H and O–H groups in total. The van der Waals surface area contributed by atoms with E-state index in [-0.39, 0.29) is 11.8 Å². The van der Waals surface area contributed by atoms with E-state index in [0.29, 0.717) is 25.3 Å². The molecular weight excluding hydrogens is 294 g/mol. The van der Waals surface area contributed by atoms with Crippen molar-refractivity contribution in [2.75, 3.05) is 32.7 Å². The second kappa shape index (κ2) is 7.12. The van der Waals surface area contributed by atoms with E-state index in [1.54, 1.807) is 21.8 Å². The van der Waals surface area contributed by atoms with Crippen molar-refractivity contribution in [3.05, 3.63) is 18.0 Å². The van der Waals surface area contributed by atoms with Crippen molar-refractivity contribution < 1.29 is 9.59 Å². The average molecular weight is 319 g/mol. The van der Waals surface area contributed by atoms with E-state index in [0.717, 1.165) is 38.9 Å². The molecule has 0 bridgehead atoms. The van der Waals surface area contributed by atoms with Gasteiger partial charge in [-0.3, -0.25) is 14.3 Å². The highest BCUT2D eigenvalue weighted by Gasteiger charge is 2.36. The van der Waals surface area contributed by atoms with E-state index in [4.69, 9.17) is 0 Å². The van der Waals surface area contributed by atoms with E-state index in [2.05, 4.69) is 17.3 Å². The zero-order valence-corrected chi connectivity index (χ0v) is 13.7. The normalized spacial score (nSPS) is 21.7. The van der Waals surface area contributed by atoms with Crippen LogP contribution in [0.5, 0.6) is 0 Å². The first kappa shape index (κ1) is 16.0. The Morgan fingerprint density at radius 1 is 1.30 bits per heavy atom. The van der Waals surface area contributed by atoms with Crippen molar-refractivity contribution in [2.24, 2.45) is 0 Å². The van der Waals surface area contributed by atoms with Gasteiger partial charge in [-0.15, -0.1) is 0 Å². The molecule has 7 nitrogen and oxygen atoms in total. The van der Waals surface area contributed by atoms with Gasteiger partial charge in [-0.25, -0.2) is 0 Å². The topological polar surface area (TPSA) is 70.5 Å². The highest BCUT2D eigenvalue weighted by Crippen LogP contribution is 2.16. The summed E-state index contributed by atoms with van der Waals surface area (Å²) >= 11 is 0. The molecule has 3 rings (SSSR count). The molecule has 2 fully saturated rings. The summed E-state index contributed by atoms with van der Waals surface area (Å²) in [5, 5.41) is 7.47. The van der Waals surface area contributed by atoms with Crippen LogP contribution in [0.15, 0.2) is 12.3 Å². The van der Waals surface area contributed by atoms with Crippen molar-refractivity contribution in [2.45, 2.75) is 38.8 Å². The summed E-state index contributed by atoms with van der Waals surface area (Å²) in [5.41, 5.74) is 0.577. The number of aryl methyl sites for hydroxylation is 1. The highest BCUT2D eigenvalue weighted by molar-refractivity contribution is 5.96. The smallest absolute Gasteiger partial charge is 0.272 e. The molecule has 0 aromatic carbocycles. The fourth-order valence-corrected chi connectivity index (χ4v) is 3.37. The maximum absolute atomic E-state index is 13.0. The first-order valence-electron chi connectivity index (χ1n) is 8.54. The number of amides is 2. The lowest BCUT2D eigenvalue weighted by molar-refractivity contribution is -0.135. The summed E-state index contributed by atoms with van der Waals surface area (Å²) in [7, 11) is 0. The Kier molecular flexibility index (Phi) is 4.95. The van der Waals surface area contributed by atoms with Crippen molar-refractivity contribution in [3.63, 3.8) is 0 Å². The average Bonchev–Trinajstić information content (AvgIpc) is 3.25. The second-order valence-corrected chi connectivity index (χ2v) is 6.19. The SMILES string of the molecule is CCCn1nccc1C(=O)N1CCNC[C@H]1C(=O)N1CCCC1. The van der Waals surface area contributed by atoms with Gasteiger partial charge in [0.25, 0.3) is 5.91 Å². The zero-order valence-electron chi connectivity index (χ0n) is 13.7. The lowest BCUT2D eigenvalue weighted by Gasteiger charge is -2.37. The molecule has 0 aliphatic carbocycles. The van der Waals surface area contributed by atoms with Gasteiger partial charge >= 0.3 is 0 Å². The molecule has 1 aromatic heterocycles. The first-order chi connectivity index (χ1) is 11.2. The molecule has 0 saturated carbocycles. The number of aromatic nitrogens is 2. The van der Waals surface area contributed by atoms with Crippen LogP contribution in [0, 0.1) is 0 Å². The number of hydrogen-bond acceptors (Lipinski definition) is 4. The number of likely N-dealkylation sites (tertiary alicyclic amines) is 1. The predicted octanol–water partition coefficient (Wildman–Crippen LogP) is 0.330. The van der Waals surface area contributed by atoms with Crippen LogP contribution >= 0.6 is 0 Å². The van der Waals surface area contributed by atoms with Crippen LogP contribution in [-0.4, -0.2) is 70.2 Å². The third kappa shape index (κ3) is 3.24. The summed E-state index contributed by atoms with van der Waals surface area (Å²) < 4.78 is 1.74. The summed E-state index contributed by atoms with van der Waals surface area (Å²) in [6.45, 7) is 6.20. The number of carbonyl (C=O) groups excluding carboxylic acids is 2. The van der Waals surface area contributed by atoms with Crippen LogP contribution in [0.3, 0.4) is 0 Å². The Bertz CT molecular complexity index is 565. The molecule has 2 saturated heterocycles. The van der Waals surface area contributed by atoms with Gasteiger partial charge in [0.2, 0.25) is 5.91 Å². The van der Waals surface area contributed by atoms with Gasteiger partial charge < -0.3 is 15.1 Å². The molecule has 1 aromatic rings. The maximum atomic E-state index is 13.0. The first-order valence-corrected chi connectivity index (χ1v) is 8.54. The van der Waals surface area contributed by atoms with Crippen molar-refractivity contribution in [3.8, 4) is 0 Å². The Hall–Kier alpha value is -1.89. The highest BCUT2D eigenvalue weighted by atomic mass is 16.2. The monoisotopic (exact) mass is 319 g/mol. The van der Waals surface area contributed by atoms with E-state index >= 15 is 0 Å². The Morgan fingerprint density at radius 3 is 2.83 bits per heavy atom. The van der Waals surface area contributed by atoms with Crippen molar-refractivity contribution in [1.82, 2.24) is 24.9 Å². The molecular formula is C16H25N5O2. The van der Waals surface area contributed by atoms with E-state index in [1.165, 1.54) is 0 Å². The molecule has 7 heteroatoms. The fourth-order valence-electron chi connectivity index (χ4n) is 3.37. The van der Waals surface area contributed by atoms with Gasteiger partial charge in [-0.1, -0.05) is 6.92 Å². The summed E-state index contributed by atoms with van der Waals surface area (Å²) in [4.78, 5) is 29.3. The minimum atomic E-state index is -0.403. The predicted molar refractivity (Wildman–Crippen MR) is 86.0 cm³/mol. The molecule has 2 aliphatic rings. The molecule has 2 amide bonds. The van der Waals surface area contributed by atoms with Crippen LogP contribution in [0.4, 0.5) is 0 Å². The third-order valence-electron chi connectivity index (χ3n) is 4.58. The minimum Gasteiger partial charge on any atom is -0.341 e. The lowest BCUT2D eigenvalue weighted by Crippen LogP contribution is -2.60. The number of rotatable bonds is 4. The van der Waals surface area contributed by atoms with Crippen molar-refractivity contribution in [1.29, 1.82) is 0 Å². The Morgan fingerprint density at radius 2 is 2.09 bits per heavy atom. The summed E-state index contributed by atoms with van der Waals surface area (Å²) in [6, 6.07) is 1.34. The fraction of sp³-hybridized carbons (Fsp3) is 0.688. The molecule has 23 heavy (non-hydrogen) atoms. The molecule has 1 atom stereocenters. The number of hydrogen-bond donors (Lipinski definition) is 1. The van der Waals surface area contributed by atoms with Crippen LogP contribution in [0.1, 0.15) is 36.7 Å². The second-order valence-electron chi connectivity index (χ2n) is 6.19. The van der Waals surface area contributed by atoms with E-state index in [1.807, 2.05) is 4.90 Å². The number of nitrogens with zero attached hydrogens (tertiary/aromatic N) is 4. The van der Waals surface area contributed by atoms with Crippen LogP contribution in [0.25, 0.3) is 0 Å². The Labute approximate surface area is 136 Å². The van der Waals surface area contributed by atoms with E-state index < -0.39 is 6.04 Å². The lowest BCUT2D eigenvalue weighted by atomic mass is 10.1. The Balaban J connectivity index is 1.78. The standard InChI is InChI=1S/C16H25N5O2/c1-2-8-21-13(5-6-18-21)16(23)20-11-7-17-12-14(20)15(22)19-9-3-4-10-19/h5-6,14,17H,2-4,7-12H2,1H3/t14-/m0/s1. The van der Waals surface area contributed by atoms with Gasteiger partial charge in [0.1, 0.15) is 11.7 Å². The van der Waals surface area contributed by atoms with E-state index in [9.17, 15) is 9.59 Å². The third-order valence-corrected chi connectivity index (χ3v) is 4.58. The van der Waals surface area contributed by atoms with Gasteiger partial charge in [0, 0.05) is 45.5 Å². The number of nitrogens with one attached hydrogen (secondary N) is 1. The maximum Gasteiger partial charge on any atom is 0.272 e. The summed E-state index contributed by atoms with van der Waals surface area (Å²) in [6.07, 6.45) is 4.69. The largest absolute Gasteiger partial charge is 0.341 e. The quantitative estimate of drug-likeness (QED) is 0.868. The van der Waals surface area contributed by atoms with Crippen LogP contribution < -0.4 is 5.32 Å². The molecule has 0 unspecified atom stereocenters. The van der Waals surface area contributed by atoms with Gasteiger partial charge in [0.15, 0.2) is 0 Å². The number of carbonyl (C=O) groups is 2. The molecule has 126 valence electrons. The minimum absolute atomic E-state index is 0.0737. The molecule has 0 radical (unpaired) electrons. The zero-order chi connectivity index (χ0) is 16.2. The number of piperazine rings is 1. The van der Waals surface area contributed by atoms with Crippen LogP contribution in [-0.2, 0) is 11.3 Å². The van der Waals surface area contributed by atoms with Crippen molar-refractivity contribution >= 4 is 11.8 Å². The van der Waals surface area contributed by atoms with Crippen LogP contribution in [0.2, 0.25) is 0 Å². The molecule has 3 heterocycles. The van der Waals surface area contributed by atoms with Gasteiger partial charge in [-0.2, -0.15) is 5.10 Å². The molecule has 0 spiro atoms. The summed E-state index contributed by atoms with van der Waals surface area (Å²) in [5.74, 6) is -0.0143. The molecule has 2 aliphatic heterocycles. The van der Waals surface area contributed by atoms with Gasteiger partial charge in [-0.05, 0) is 25.3 Å².